The van der Waals surface area contributed by atoms with Crippen molar-refractivity contribution in [2.24, 2.45) is 0 Å². The Bertz CT molecular complexity index is 640. The third-order valence-electron chi connectivity index (χ3n) is 4.29. The van der Waals surface area contributed by atoms with Crippen molar-refractivity contribution in [3.8, 4) is 5.75 Å². The summed E-state index contributed by atoms with van der Waals surface area (Å²) >= 11 is 3.57. The van der Waals surface area contributed by atoms with Crippen molar-refractivity contribution < 1.29 is 4.74 Å². The van der Waals surface area contributed by atoms with E-state index in [-0.39, 0.29) is 11.6 Å². The van der Waals surface area contributed by atoms with E-state index in [1.165, 1.54) is 22.4 Å². The molecule has 0 bridgehead atoms. The lowest BCUT2D eigenvalue weighted by molar-refractivity contribution is 0.217. The zero-order valence-corrected chi connectivity index (χ0v) is 12.4. The first-order valence-electron chi connectivity index (χ1n) is 6.43. The second-order valence-electron chi connectivity index (χ2n) is 5.53. The van der Waals surface area contributed by atoms with Crippen molar-refractivity contribution in [3.05, 3.63) is 57.6 Å². The number of aryl methyl sites for hydroxylation is 1. The molecule has 0 unspecified atom stereocenters. The SMILES string of the molecule is Cc1ccc2c(c1)[C@@]1(C)c3cc(Br)ccc3N[C@H]1O2. The maximum Gasteiger partial charge on any atom is 0.183 e. The molecule has 2 aliphatic heterocycles. The van der Waals surface area contributed by atoms with Crippen molar-refractivity contribution in [3.63, 3.8) is 0 Å². The van der Waals surface area contributed by atoms with Gasteiger partial charge in [0, 0.05) is 15.7 Å². The number of ether oxygens (including phenoxy) is 1. The highest BCUT2D eigenvalue weighted by atomic mass is 79.9. The summed E-state index contributed by atoms with van der Waals surface area (Å²) in [5, 5.41) is 3.49. The highest BCUT2D eigenvalue weighted by Crippen LogP contribution is 2.53. The monoisotopic (exact) mass is 315 g/mol. The van der Waals surface area contributed by atoms with Crippen molar-refractivity contribution >= 4 is 21.6 Å². The van der Waals surface area contributed by atoms with Crippen LogP contribution in [0.2, 0.25) is 0 Å². The number of anilines is 1. The van der Waals surface area contributed by atoms with Crippen LogP contribution < -0.4 is 10.1 Å². The van der Waals surface area contributed by atoms with Crippen LogP contribution >= 0.6 is 15.9 Å². The Balaban J connectivity index is 2.00. The van der Waals surface area contributed by atoms with E-state index in [4.69, 9.17) is 4.74 Å². The van der Waals surface area contributed by atoms with Gasteiger partial charge in [-0.1, -0.05) is 33.6 Å². The van der Waals surface area contributed by atoms with Crippen LogP contribution in [0.3, 0.4) is 0 Å². The fourth-order valence-corrected chi connectivity index (χ4v) is 3.57. The van der Waals surface area contributed by atoms with E-state index < -0.39 is 0 Å². The van der Waals surface area contributed by atoms with Crippen molar-refractivity contribution in [1.29, 1.82) is 0 Å². The summed E-state index contributed by atoms with van der Waals surface area (Å²) in [6, 6.07) is 12.8. The van der Waals surface area contributed by atoms with Crippen molar-refractivity contribution in [1.82, 2.24) is 0 Å². The van der Waals surface area contributed by atoms with Gasteiger partial charge in [0.1, 0.15) is 5.75 Å². The molecule has 2 heterocycles. The van der Waals surface area contributed by atoms with Crippen LogP contribution in [0, 0.1) is 6.92 Å². The summed E-state index contributed by atoms with van der Waals surface area (Å²) in [7, 11) is 0. The predicted octanol–water partition coefficient (Wildman–Crippen LogP) is 4.21. The number of hydrogen-bond acceptors (Lipinski definition) is 2. The normalized spacial score (nSPS) is 26.2. The van der Waals surface area contributed by atoms with E-state index in [0.717, 1.165) is 10.2 Å². The number of nitrogens with one attached hydrogen (secondary N) is 1. The van der Waals surface area contributed by atoms with Crippen molar-refractivity contribution in [2.75, 3.05) is 5.32 Å². The Hall–Kier alpha value is -1.48. The molecule has 0 radical (unpaired) electrons. The van der Waals surface area contributed by atoms with Crippen LogP contribution in [0.5, 0.6) is 5.75 Å². The number of benzene rings is 2. The molecule has 2 nitrogen and oxygen atoms in total. The maximum absolute atomic E-state index is 6.08. The Morgan fingerprint density at radius 2 is 2.00 bits per heavy atom. The maximum atomic E-state index is 6.08. The first-order valence-corrected chi connectivity index (χ1v) is 7.23. The fourth-order valence-electron chi connectivity index (χ4n) is 3.21. The van der Waals surface area contributed by atoms with E-state index >= 15 is 0 Å². The molecule has 0 spiro atoms. The van der Waals surface area contributed by atoms with Crippen LogP contribution in [-0.2, 0) is 5.41 Å². The Kier molecular flexibility index (Phi) is 2.12. The first-order chi connectivity index (χ1) is 9.09. The number of rotatable bonds is 0. The number of fused-ring (bicyclic) bond motifs is 5. The van der Waals surface area contributed by atoms with Crippen molar-refractivity contribution in [2.45, 2.75) is 25.5 Å². The second-order valence-corrected chi connectivity index (χ2v) is 6.45. The average Bonchev–Trinajstić information content (AvgIpc) is 2.80. The summed E-state index contributed by atoms with van der Waals surface area (Å²) in [6.07, 6.45) is -0.00593. The average molecular weight is 316 g/mol. The molecule has 3 heteroatoms. The summed E-state index contributed by atoms with van der Waals surface area (Å²) < 4.78 is 7.19. The van der Waals surface area contributed by atoms with Gasteiger partial charge in [-0.3, -0.25) is 0 Å². The van der Waals surface area contributed by atoms with Gasteiger partial charge < -0.3 is 10.1 Å². The molecule has 2 aliphatic rings. The van der Waals surface area contributed by atoms with Crippen LogP contribution in [0.4, 0.5) is 5.69 Å². The van der Waals surface area contributed by atoms with Crippen LogP contribution in [0.25, 0.3) is 0 Å². The molecule has 2 atom stereocenters. The molecule has 0 aliphatic carbocycles. The van der Waals surface area contributed by atoms with E-state index in [1.54, 1.807) is 0 Å². The quantitative estimate of drug-likeness (QED) is 0.786. The van der Waals surface area contributed by atoms with Gasteiger partial charge in [-0.2, -0.15) is 0 Å². The standard InChI is InChI=1S/C16H14BrNO/c1-9-3-6-14-12(7-9)16(2)11-8-10(17)4-5-13(11)18-15(16)19-14/h3-8,15,18H,1-2H3/t15-,16+/m0/s1. The summed E-state index contributed by atoms with van der Waals surface area (Å²) in [5.41, 5.74) is 4.91. The molecule has 0 fully saturated rings. The second kappa shape index (κ2) is 3.54. The van der Waals surface area contributed by atoms with Gasteiger partial charge in [0.2, 0.25) is 0 Å². The van der Waals surface area contributed by atoms with E-state index in [2.05, 4.69) is 71.5 Å². The molecular weight excluding hydrogens is 302 g/mol. The minimum Gasteiger partial charge on any atom is -0.469 e. The third-order valence-corrected chi connectivity index (χ3v) is 4.78. The summed E-state index contributed by atoms with van der Waals surface area (Å²) in [5.74, 6) is 0.997. The largest absolute Gasteiger partial charge is 0.469 e. The molecule has 0 saturated carbocycles. The Morgan fingerprint density at radius 1 is 1.16 bits per heavy atom. The van der Waals surface area contributed by atoms with Crippen LogP contribution in [0.15, 0.2) is 40.9 Å². The molecule has 2 aromatic rings. The van der Waals surface area contributed by atoms with Gasteiger partial charge >= 0.3 is 0 Å². The van der Waals surface area contributed by atoms with Gasteiger partial charge in [0.15, 0.2) is 6.23 Å². The van der Waals surface area contributed by atoms with E-state index in [0.29, 0.717) is 0 Å². The molecule has 96 valence electrons. The van der Waals surface area contributed by atoms with Gasteiger partial charge in [-0.25, -0.2) is 0 Å². The zero-order chi connectivity index (χ0) is 13.2. The lowest BCUT2D eigenvalue weighted by atomic mass is 9.77. The Morgan fingerprint density at radius 3 is 2.84 bits per heavy atom. The smallest absolute Gasteiger partial charge is 0.183 e. The van der Waals surface area contributed by atoms with E-state index in [9.17, 15) is 0 Å². The zero-order valence-electron chi connectivity index (χ0n) is 10.8. The van der Waals surface area contributed by atoms with Gasteiger partial charge in [-0.05, 0) is 43.7 Å². The minimum absolute atomic E-state index is 0.00593. The number of hydrogen-bond donors (Lipinski definition) is 1. The molecule has 19 heavy (non-hydrogen) atoms. The summed E-state index contributed by atoms with van der Waals surface area (Å²) in [6.45, 7) is 4.38. The van der Waals surface area contributed by atoms with Gasteiger partial charge in [0.05, 0.1) is 5.41 Å². The fraction of sp³-hybridized carbons (Fsp3) is 0.250. The highest BCUT2D eigenvalue weighted by Gasteiger charge is 2.52. The molecule has 0 saturated heterocycles. The molecule has 2 aromatic carbocycles. The molecular formula is C16H14BrNO. The van der Waals surface area contributed by atoms with Crippen LogP contribution in [0.1, 0.15) is 23.6 Å². The van der Waals surface area contributed by atoms with E-state index in [1.807, 2.05) is 0 Å². The molecule has 0 amide bonds. The topological polar surface area (TPSA) is 21.3 Å². The van der Waals surface area contributed by atoms with Gasteiger partial charge in [0.25, 0.3) is 0 Å². The lowest BCUT2D eigenvalue weighted by Gasteiger charge is -2.23. The highest BCUT2D eigenvalue weighted by molar-refractivity contribution is 9.10. The third kappa shape index (κ3) is 1.36. The lowest BCUT2D eigenvalue weighted by Crippen LogP contribution is -2.35. The molecule has 4 rings (SSSR count). The Labute approximate surface area is 120 Å². The number of halogens is 1. The van der Waals surface area contributed by atoms with Gasteiger partial charge in [-0.15, -0.1) is 0 Å². The minimum atomic E-state index is -0.111. The summed E-state index contributed by atoms with van der Waals surface area (Å²) in [4.78, 5) is 0. The molecule has 1 N–H and O–H groups in total. The molecule has 0 aromatic heterocycles. The first kappa shape index (κ1) is 11.4. The van der Waals surface area contributed by atoms with Crippen LogP contribution in [-0.4, -0.2) is 6.23 Å². The predicted molar refractivity (Wildman–Crippen MR) is 79.8 cm³/mol.